The molecule has 0 radical (unpaired) electrons. The van der Waals surface area contributed by atoms with Gasteiger partial charge < -0.3 is 9.84 Å². The molecule has 3 heteroatoms. The predicted octanol–water partition coefficient (Wildman–Crippen LogP) is 5.73. The van der Waals surface area contributed by atoms with Crippen LogP contribution < -0.4 is 4.74 Å². The lowest BCUT2D eigenvalue weighted by atomic mass is 9.86. The summed E-state index contributed by atoms with van der Waals surface area (Å²) in [4.78, 5) is 2.36. The lowest BCUT2D eigenvalue weighted by Gasteiger charge is -2.38. The fourth-order valence-electron chi connectivity index (χ4n) is 4.48. The first-order valence-electron chi connectivity index (χ1n) is 11.4. The zero-order chi connectivity index (χ0) is 20.5. The molecule has 0 saturated carbocycles. The van der Waals surface area contributed by atoms with E-state index < -0.39 is 0 Å². The Hall–Kier alpha value is -1.84. The normalized spacial score (nSPS) is 17.2. The van der Waals surface area contributed by atoms with Crippen molar-refractivity contribution in [3.63, 3.8) is 0 Å². The van der Waals surface area contributed by atoms with Crippen molar-refractivity contribution in [2.24, 2.45) is 0 Å². The average molecular weight is 396 g/mol. The van der Waals surface area contributed by atoms with Gasteiger partial charge in [-0.3, -0.25) is 4.90 Å². The first-order valence-corrected chi connectivity index (χ1v) is 11.4. The maximum atomic E-state index is 10.8. The summed E-state index contributed by atoms with van der Waals surface area (Å²) >= 11 is 0. The van der Waals surface area contributed by atoms with Crippen molar-refractivity contribution >= 4 is 0 Å². The van der Waals surface area contributed by atoms with Crippen LogP contribution in [0.25, 0.3) is 0 Å². The van der Waals surface area contributed by atoms with Crippen LogP contribution in [-0.2, 0) is 19.4 Å². The van der Waals surface area contributed by atoms with Gasteiger partial charge in [-0.1, -0.05) is 69.2 Å². The molecule has 0 amide bonds. The first kappa shape index (κ1) is 21.9. The molecule has 0 aliphatic heterocycles. The smallest absolute Gasteiger partial charge is 0.123 e. The third-order valence-corrected chi connectivity index (χ3v) is 6.05. The summed E-state index contributed by atoms with van der Waals surface area (Å²) in [6.45, 7) is 6.00. The van der Waals surface area contributed by atoms with E-state index in [9.17, 15) is 5.11 Å². The van der Waals surface area contributed by atoms with Gasteiger partial charge in [0.2, 0.25) is 0 Å². The lowest BCUT2D eigenvalue weighted by molar-refractivity contribution is -0.0351. The maximum absolute atomic E-state index is 10.8. The highest BCUT2D eigenvalue weighted by molar-refractivity contribution is 5.42. The number of nitrogens with zero attached hydrogens (tertiary/aromatic N) is 1. The zero-order valence-corrected chi connectivity index (χ0v) is 18.1. The van der Waals surface area contributed by atoms with Crippen LogP contribution >= 0.6 is 0 Å². The van der Waals surface area contributed by atoms with Crippen LogP contribution in [0.2, 0.25) is 0 Å². The fourth-order valence-corrected chi connectivity index (χ4v) is 4.48. The van der Waals surface area contributed by atoms with E-state index in [0.29, 0.717) is 12.6 Å². The van der Waals surface area contributed by atoms with Crippen LogP contribution in [0.15, 0.2) is 48.5 Å². The Morgan fingerprint density at radius 2 is 1.86 bits per heavy atom. The van der Waals surface area contributed by atoms with E-state index in [1.807, 2.05) is 6.07 Å². The van der Waals surface area contributed by atoms with Crippen LogP contribution in [0.5, 0.6) is 5.75 Å². The van der Waals surface area contributed by atoms with Crippen LogP contribution in [0.3, 0.4) is 0 Å². The molecule has 2 atom stereocenters. The fraction of sp³-hybridized carbons (Fsp3) is 0.538. The van der Waals surface area contributed by atoms with Crippen molar-refractivity contribution in [1.29, 1.82) is 0 Å². The molecule has 0 bridgehead atoms. The van der Waals surface area contributed by atoms with Crippen molar-refractivity contribution in [3.05, 3.63) is 65.2 Å². The average Bonchev–Trinajstić information content (AvgIpc) is 2.76. The summed E-state index contributed by atoms with van der Waals surface area (Å²) in [7, 11) is 0. The second kappa shape index (κ2) is 11.4. The van der Waals surface area contributed by atoms with Gasteiger partial charge in [0.15, 0.2) is 0 Å². The van der Waals surface area contributed by atoms with Gasteiger partial charge in [-0.2, -0.15) is 0 Å². The molecular formula is C26H37NO2. The van der Waals surface area contributed by atoms with Gasteiger partial charge in [-0.15, -0.1) is 0 Å². The van der Waals surface area contributed by atoms with Gasteiger partial charge in [-0.05, 0) is 61.3 Å². The molecule has 3 nitrogen and oxygen atoms in total. The molecule has 0 spiro atoms. The number of fused-ring (bicyclic) bond motifs is 1. The summed E-state index contributed by atoms with van der Waals surface area (Å²) < 4.78 is 6.18. The molecule has 1 aliphatic rings. The number of ether oxygens (including phenoxy) is 1. The number of unbranched alkanes of at least 4 members (excludes halogenated alkanes) is 2. The third kappa shape index (κ3) is 6.07. The Morgan fingerprint density at radius 3 is 2.62 bits per heavy atom. The molecule has 0 heterocycles. The largest absolute Gasteiger partial charge is 0.489 e. The van der Waals surface area contributed by atoms with Crippen LogP contribution in [0, 0.1) is 0 Å². The number of aliphatic hydroxyl groups excluding tert-OH is 1. The Kier molecular flexibility index (Phi) is 8.57. The van der Waals surface area contributed by atoms with Gasteiger partial charge in [0.05, 0.1) is 0 Å². The molecule has 2 unspecified atom stereocenters. The number of hydrogen-bond acceptors (Lipinski definition) is 3. The van der Waals surface area contributed by atoms with E-state index in [4.69, 9.17) is 4.74 Å². The van der Waals surface area contributed by atoms with Crippen LogP contribution in [0.4, 0.5) is 0 Å². The monoisotopic (exact) mass is 395 g/mol. The van der Waals surface area contributed by atoms with Crippen molar-refractivity contribution < 1.29 is 9.84 Å². The second-order valence-electron chi connectivity index (χ2n) is 8.28. The highest BCUT2D eigenvalue weighted by atomic mass is 16.5. The molecule has 2 aromatic rings. The molecule has 1 N–H and O–H groups in total. The standard InChI is InChI=1S/C26H37NO2/c1-3-5-7-15-26(28)27(18-4-2)23-16-17-24-22(19-23)13-10-14-25(24)29-20-21-11-8-6-9-12-21/h6,8-14,23,26,28H,3-5,7,15-20H2,1-2H3. The predicted molar refractivity (Wildman–Crippen MR) is 120 cm³/mol. The summed E-state index contributed by atoms with van der Waals surface area (Å²) in [6, 6.07) is 17.2. The summed E-state index contributed by atoms with van der Waals surface area (Å²) in [5, 5.41) is 10.8. The molecule has 0 saturated heterocycles. The van der Waals surface area contributed by atoms with Gasteiger partial charge in [0, 0.05) is 12.6 Å². The highest BCUT2D eigenvalue weighted by Gasteiger charge is 2.29. The molecule has 0 fully saturated rings. The van der Waals surface area contributed by atoms with Gasteiger partial charge in [0.25, 0.3) is 0 Å². The van der Waals surface area contributed by atoms with Gasteiger partial charge in [0.1, 0.15) is 18.6 Å². The van der Waals surface area contributed by atoms with Crippen molar-refractivity contribution in [2.75, 3.05) is 6.54 Å². The minimum atomic E-state index is -0.314. The molecule has 1 aliphatic carbocycles. The summed E-state index contributed by atoms with van der Waals surface area (Å²) in [5.41, 5.74) is 3.94. The van der Waals surface area contributed by atoms with E-state index in [1.54, 1.807) is 0 Å². The zero-order valence-electron chi connectivity index (χ0n) is 18.1. The maximum Gasteiger partial charge on any atom is 0.123 e. The van der Waals surface area contributed by atoms with Crippen molar-refractivity contribution in [3.8, 4) is 5.75 Å². The topological polar surface area (TPSA) is 32.7 Å². The van der Waals surface area contributed by atoms with Gasteiger partial charge >= 0.3 is 0 Å². The minimum Gasteiger partial charge on any atom is -0.489 e. The number of aliphatic hydroxyl groups is 1. The summed E-state index contributed by atoms with van der Waals surface area (Å²) in [6.07, 6.45) is 8.27. The molecule has 3 rings (SSSR count). The highest BCUT2D eigenvalue weighted by Crippen LogP contribution is 2.33. The second-order valence-corrected chi connectivity index (χ2v) is 8.28. The van der Waals surface area contributed by atoms with Crippen LogP contribution in [0.1, 0.15) is 69.1 Å². The van der Waals surface area contributed by atoms with Gasteiger partial charge in [-0.25, -0.2) is 0 Å². The SMILES string of the molecule is CCCCCC(O)N(CCC)C1CCc2c(cccc2OCc2ccccc2)C1. The number of benzene rings is 2. The lowest BCUT2D eigenvalue weighted by Crippen LogP contribution is -2.46. The number of rotatable bonds is 11. The molecule has 158 valence electrons. The first-order chi connectivity index (χ1) is 14.2. The number of hydrogen-bond donors (Lipinski definition) is 1. The minimum absolute atomic E-state index is 0.314. The Labute approximate surface area is 176 Å². The summed E-state index contributed by atoms with van der Waals surface area (Å²) in [5.74, 6) is 1.02. The van der Waals surface area contributed by atoms with Crippen molar-refractivity contribution in [2.45, 2.75) is 84.1 Å². The molecule has 29 heavy (non-hydrogen) atoms. The Bertz CT molecular complexity index is 731. The molecule has 0 aromatic heterocycles. The molecule has 2 aromatic carbocycles. The van der Waals surface area contributed by atoms with E-state index >= 15 is 0 Å². The van der Waals surface area contributed by atoms with E-state index in [-0.39, 0.29) is 6.23 Å². The molecular weight excluding hydrogens is 358 g/mol. The van der Waals surface area contributed by atoms with Crippen molar-refractivity contribution in [1.82, 2.24) is 4.90 Å². The quantitative estimate of drug-likeness (QED) is 0.389. The van der Waals surface area contributed by atoms with E-state index in [1.165, 1.54) is 29.5 Å². The Morgan fingerprint density at radius 1 is 1.03 bits per heavy atom. The third-order valence-electron chi connectivity index (χ3n) is 6.05. The van der Waals surface area contributed by atoms with E-state index in [0.717, 1.165) is 50.8 Å². The van der Waals surface area contributed by atoms with E-state index in [2.05, 4.69) is 61.2 Å². The Balaban J connectivity index is 1.66. The van der Waals surface area contributed by atoms with Crippen LogP contribution in [-0.4, -0.2) is 28.8 Å².